The number of unbranched alkanes of at least 4 members (excludes halogenated alkanes) is 5. The molecule has 7 nitrogen and oxygen atoms in total. The molecule has 238 valence electrons. The number of hydrogen-bond donors (Lipinski definition) is 2. The standard InChI is InChI=1S/C35H53N3O4S/c1-9-10-11-12-13-14-22-38(33(40)29(21-23-43-8)36-34(41)42-35(5,6)7)31(28-20-15-17-25(2)24-28)32(39)37-30-26(3)18-16-19-27(30)4/h15-20,24,29,31H,9-14,21-23H2,1-8H3,(H,36,41)(H,37,39). The molecule has 2 unspecified atom stereocenters. The van der Waals surface area contributed by atoms with E-state index in [0.717, 1.165) is 60.0 Å². The maximum Gasteiger partial charge on any atom is 0.408 e. The van der Waals surface area contributed by atoms with Gasteiger partial charge in [0.15, 0.2) is 0 Å². The molecule has 0 heterocycles. The number of ether oxygens (including phenoxy) is 1. The lowest BCUT2D eigenvalue weighted by Gasteiger charge is -2.35. The van der Waals surface area contributed by atoms with Crippen molar-refractivity contribution in [3.63, 3.8) is 0 Å². The average Bonchev–Trinajstić information content (AvgIpc) is 2.93. The molecule has 0 aliphatic rings. The van der Waals surface area contributed by atoms with Crippen molar-refractivity contribution in [1.29, 1.82) is 0 Å². The monoisotopic (exact) mass is 611 g/mol. The molecule has 0 saturated heterocycles. The molecule has 0 aliphatic carbocycles. The summed E-state index contributed by atoms with van der Waals surface area (Å²) in [5.41, 5.74) is 3.70. The summed E-state index contributed by atoms with van der Waals surface area (Å²) in [5.74, 6) is 0.112. The first-order valence-electron chi connectivity index (χ1n) is 15.6. The summed E-state index contributed by atoms with van der Waals surface area (Å²) >= 11 is 1.60. The number of para-hydroxylation sites is 1. The van der Waals surface area contributed by atoms with Gasteiger partial charge in [-0.1, -0.05) is 87.1 Å². The van der Waals surface area contributed by atoms with Crippen LogP contribution in [0.4, 0.5) is 10.5 Å². The van der Waals surface area contributed by atoms with Crippen LogP contribution in [0.5, 0.6) is 0 Å². The number of aryl methyl sites for hydroxylation is 3. The highest BCUT2D eigenvalue weighted by atomic mass is 32.2. The van der Waals surface area contributed by atoms with Crippen molar-refractivity contribution in [3.8, 4) is 0 Å². The Hall–Kier alpha value is -3.00. The maximum atomic E-state index is 14.5. The van der Waals surface area contributed by atoms with E-state index >= 15 is 0 Å². The van der Waals surface area contributed by atoms with Crippen molar-refractivity contribution in [2.24, 2.45) is 0 Å². The number of carbonyl (C=O) groups excluding carboxylic acids is 3. The molecule has 2 aromatic carbocycles. The number of anilines is 1. The zero-order valence-corrected chi connectivity index (χ0v) is 28.4. The Morgan fingerprint density at radius 1 is 0.930 bits per heavy atom. The number of nitrogens with one attached hydrogen (secondary N) is 2. The number of alkyl carbamates (subject to hydrolysis) is 1. The number of carbonyl (C=O) groups is 3. The van der Waals surface area contributed by atoms with Gasteiger partial charge in [-0.15, -0.1) is 0 Å². The second-order valence-electron chi connectivity index (χ2n) is 12.4. The van der Waals surface area contributed by atoms with Gasteiger partial charge < -0.3 is 20.3 Å². The highest BCUT2D eigenvalue weighted by Crippen LogP contribution is 2.28. The smallest absolute Gasteiger partial charge is 0.408 e. The Balaban J connectivity index is 2.54. The van der Waals surface area contributed by atoms with E-state index in [1.165, 1.54) is 6.42 Å². The quantitative estimate of drug-likeness (QED) is 0.187. The largest absolute Gasteiger partial charge is 0.444 e. The zero-order chi connectivity index (χ0) is 32.0. The minimum atomic E-state index is -0.876. The van der Waals surface area contributed by atoms with E-state index in [1.807, 2.05) is 69.5 Å². The van der Waals surface area contributed by atoms with E-state index in [4.69, 9.17) is 4.74 Å². The minimum absolute atomic E-state index is 0.275. The Labute approximate surface area is 263 Å². The Morgan fingerprint density at radius 3 is 2.16 bits per heavy atom. The maximum absolute atomic E-state index is 14.5. The normalized spacial score (nSPS) is 12.7. The zero-order valence-electron chi connectivity index (χ0n) is 27.5. The van der Waals surface area contributed by atoms with Crippen LogP contribution in [-0.4, -0.2) is 53.0 Å². The molecular weight excluding hydrogens is 558 g/mol. The molecular formula is C35H53N3O4S. The van der Waals surface area contributed by atoms with Crippen LogP contribution < -0.4 is 10.6 Å². The first-order chi connectivity index (χ1) is 20.4. The van der Waals surface area contributed by atoms with Crippen molar-refractivity contribution < 1.29 is 19.1 Å². The van der Waals surface area contributed by atoms with Gasteiger partial charge in [0.25, 0.3) is 5.91 Å². The van der Waals surface area contributed by atoms with E-state index in [9.17, 15) is 14.4 Å². The van der Waals surface area contributed by atoms with Crippen molar-refractivity contribution in [1.82, 2.24) is 10.2 Å². The summed E-state index contributed by atoms with van der Waals surface area (Å²) in [6, 6.07) is 12.0. The van der Waals surface area contributed by atoms with Gasteiger partial charge in [0, 0.05) is 12.2 Å². The molecule has 8 heteroatoms. The fourth-order valence-electron chi connectivity index (χ4n) is 5.09. The molecule has 2 N–H and O–H groups in total. The van der Waals surface area contributed by atoms with Gasteiger partial charge in [-0.2, -0.15) is 11.8 Å². The van der Waals surface area contributed by atoms with Crippen LogP contribution in [0.3, 0.4) is 0 Å². The van der Waals surface area contributed by atoms with Gasteiger partial charge in [-0.3, -0.25) is 9.59 Å². The fraction of sp³-hybridized carbons (Fsp3) is 0.571. The van der Waals surface area contributed by atoms with E-state index < -0.39 is 23.8 Å². The number of rotatable bonds is 16. The first-order valence-corrected chi connectivity index (χ1v) is 17.0. The van der Waals surface area contributed by atoms with Crippen LogP contribution in [0.2, 0.25) is 0 Å². The van der Waals surface area contributed by atoms with Crippen molar-refractivity contribution in [2.75, 3.05) is 23.9 Å². The third-order valence-electron chi connectivity index (χ3n) is 7.28. The topological polar surface area (TPSA) is 87.7 Å². The number of benzene rings is 2. The van der Waals surface area contributed by atoms with Crippen LogP contribution in [0, 0.1) is 20.8 Å². The number of amides is 3. The van der Waals surface area contributed by atoms with Gasteiger partial charge >= 0.3 is 6.09 Å². The number of nitrogens with zero attached hydrogens (tertiary/aromatic N) is 1. The lowest BCUT2D eigenvalue weighted by Crippen LogP contribution is -2.52. The third-order valence-corrected chi connectivity index (χ3v) is 7.93. The summed E-state index contributed by atoms with van der Waals surface area (Å²) in [6.07, 6.45) is 8.03. The summed E-state index contributed by atoms with van der Waals surface area (Å²) in [5, 5.41) is 5.99. The molecule has 0 spiro atoms. The lowest BCUT2D eigenvalue weighted by molar-refractivity contribution is -0.141. The van der Waals surface area contributed by atoms with Gasteiger partial charge in [0.05, 0.1) is 0 Å². The molecule has 0 aliphatic heterocycles. The molecule has 3 amide bonds. The van der Waals surface area contributed by atoms with E-state index in [-0.39, 0.29) is 11.8 Å². The Morgan fingerprint density at radius 2 is 1.56 bits per heavy atom. The van der Waals surface area contributed by atoms with E-state index in [2.05, 4.69) is 17.6 Å². The minimum Gasteiger partial charge on any atom is -0.444 e. The number of thioether (sulfide) groups is 1. The van der Waals surface area contributed by atoms with Crippen LogP contribution in [0.25, 0.3) is 0 Å². The molecule has 43 heavy (non-hydrogen) atoms. The fourth-order valence-corrected chi connectivity index (χ4v) is 5.56. The Bertz CT molecular complexity index is 1170. The second kappa shape index (κ2) is 18.0. The summed E-state index contributed by atoms with van der Waals surface area (Å²) in [6.45, 7) is 13.9. The Kier molecular flexibility index (Phi) is 15.1. The molecule has 0 fully saturated rings. The summed E-state index contributed by atoms with van der Waals surface area (Å²) in [4.78, 5) is 43.3. The van der Waals surface area contributed by atoms with Crippen LogP contribution in [0.15, 0.2) is 42.5 Å². The van der Waals surface area contributed by atoms with Crippen LogP contribution >= 0.6 is 11.8 Å². The highest BCUT2D eigenvalue weighted by Gasteiger charge is 2.36. The SMILES string of the molecule is CCCCCCCCN(C(=O)C(CCSC)NC(=O)OC(C)(C)C)C(C(=O)Nc1c(C)cccc1C)c1cccc(C)c1. The summed E-state index contributed by atoms with van der Waals surface area (Å²) in [7, 11) is 0. The first kappa shape index (κ1) is 36.2. The third kappa shape index (κ3) is 12.3. The molecule has 0 aromatic heterocycles. The predicted octanol–water partition coefficient (Wildman–Crippen LogP) is 8.13. The highest BCUT2D eigenvalue weighted by molar-refractivity contribution is 7.98. The average molecular weight is 612 g/mol. The predicted molar refractivity (Wildman–Crippen MR) is 180 cm³/mol. The number of hydrogen-bond acceptors (Lipinski definition) is 5. The van der Waals surface area contributed by atoms with Gasteiger partial charge in [-0.25, -0.2) is 4.79 Å². The second-order valence-corrected chi connectivity index (χ2v) is 13.3. The van der Waals surface area contributed by atoms with E-state index in [1.54, 1.807) is 37.4 Å². The van der Waals surface area contributed by atoms with Crippen molar-refractivity contribution >= 4 is 35.4 Å². The molecule has 2 aromatic rings. The molecule has 2 atom stereocenters. The van der Waals surface area contributed by atoms with Gasteiger partial charge in [0.2, 0.25) is 5.91 Å². The van der Waals surface area contributed by atoms with Crippen molar-refractivity contribution in [2.45, 2.75) is 111 Å². The van der Waals surface area contributed by atoms with Gasteiger partial charge in [0.1, 0.15) is 17.7 Å². The molecule has 2 rings (SSSR count). The molecule has 0 saturated carbocycles. The lowest BCUT2D eigenvalue weighted by atomic mass is 9.99. The molecule has 0 radical (unpaired) electrons. The summed E-state index contributed by atoms with van der Waals surface area (Å²) < 4.78 is 5.52. The van der Waals surface area contributed by atoms with Crippen LogP contribution in [-0.2, 0) is 14.3 Å². The molecule has 0 bridgehead atoms. The van der Waals surface area contributed by atoms with Crippen molar-refractivity contribution in [3.05, 3.63) is 64.7 Å². The van der Waals surface area contributed by atoms with Gasteiger partial charge in [-0.05, 0) is 83.1 Å². The van der Waals surface area contributed by atoms with Crippen LogP contribution in [0.1, 0.15) is 101 Å². The van der Waals surface area contributed by atoms with E-state index in [0.29, 0.717) is 18.7 Å².